The minimum absolute atomic E-state index is 0.0710. The Kier molecular flexibility index (Phi) is 5.70. The lowest BCUT2D eigenvalue weighted by molar-refractivity contribution is -0.116. The molecule has 2 aromatic carbocycles. The lowest BCUT2D eigenvalue weighted by atomic mass is 10.2. The Morgan fingerprint density at radius 2 is 1.89 bits per heavy atom. The first-order valence-electron chi connectivity index (χ1n) is 8.70. The number of benzene rings is 2. The van der Waals surface area contributed by atoms with E-state index in [4.69, 9.17) is 12.2 Å². The molecule has 28 heavy (non-hydrogen) atoms. The molecule has 144 valence electrons. The molecule has 0 radical (unpaired) electrons. The number of hydrogen-bond acceptors (Lipinski definition) is 4. The largest absolute Gasteiger partial charge is 0.345 e. The highest BCUT2D eigenvalue weighted by atomic mass is 32.1. The third kappa shape index (κ3) is 4.17. The number of anilines is 1. The smallest absolute Gasteiger partial charge is 0.262 e. The van der Waals surface area contributed by atoms with Crippen LogP contribution in [0.3, 0.4) is 0 Å². The lowest BCUT2D eigenvalue weighted by Gasteiger charge is -2.12. The van der Waals surface area contributed by atoms with Crippen LogP contribution >= 0.6 is 12.2 Å². The van der Waals surface area contributed by atoms with Crippen molar-refractivity contribution in [2.24, 2.45) is 0 Å². The van der Waals surface area contributed by atoms with E-state index in [-0.39, 0.29) is 35.1 Å². The summed E-state index contributed by atoms with van der Waals surface area (Å²) in [6.45, 7) is 0.154. The molecule has 0 saturated heterocycles. The fourth-order valence-electron chi connectivity index (χ4n) is 2.83. The molecule has 8 heteroatoms. The van der Waals surface area contributed by atoms with Crippen molar-refractivity contribution in [2.75, 3.05) is 19.4 Å². The summed E-state index contributed by atoms with van der Waals surface area (Å²) in [5.74, 6) is -0.422. The van der Waals surface area contributed by atoms with Gasteiger partial charge in [0.2, 0.25) is 5.91 Å². The number of aromatic amines is 1. The van der Waals surface area contributed by atoms with E-state index in [0.717, 1.165) is 0 Å². The van der Waals surface area contributed by atoms with Crippen LogP contribution in [-0.4, -0.2) is 40.4 Å². The Morgan fingerprint density at radius 1 is 1.14 bits per heavy atom. The molecule has 0 bridgehead atoms. The number of hydrogen-bond donors (Lipinski definition) is 2. The average molecular weight is 396 g/mol. The van der Waals surface area contributed by atoms with E-state index in [1.165, 1.54) is 9.47 Å². The maximum absolute atomic E-state index is 12.6. The highest BCUT2D eigenvalue weighted by molar-refractivity contribution is 7.71. The van der Waals surface area contributed by atoms with E-state index in [9.17, 15) is 14.4 Å². The molecule has 3 aromatic rings. The number of carbonyl (C=O) groups excluding carboxylic acids is 2. The molecule has 0 fully saturated rings. The molecular weight excluding hydrogens is 376 g/mol. The number of carbonyl (C=O) groups is 2. The first-order chi connectivity index (χ1) is 13.4. The van der Waals surface area contributed by atoms with Crippen LogP contribution in [0.1, 0.15) is 16.8 Å². The monoisotopic (exact) mass is 396 g/mol. The topological polar surface area (TPSA) is 87.2 Å². The van der Waals surface area contributed by atoms with E-state index < -0.39 is 0 Å². The Hall–Kier alpha value is -3.26. The quantitative estimate of drug-likeness (QED) is 0.649. The van der Waals surface area contributed by atoms with Gasteiger partial charge in [0.05, 0.1) is 10.9 Å². The number of aromatic nitrogens is 2. The number of rotatable bonds is 5. The van der Waals surface area contributed by atoms with E-state index in [1.807, 2.05) is 6.07 Å². The SMILES string of the molecule is CN(C)C(=O)c1cccc(NC(=O)CCn2c(=S)[nH]c3ccccc3c2=O)c1. The van der Waals surface area contributed by atoms with Crippen molar-refractivity contribution < 1.29 is 9.59 Å². The fraction of sp³-hybridized carbons (Fsp3) is 0.200. The first-order valence-corrected chi connectivity index (χ1v) is 9.11. The second kappa shape index (κ2) is 8.18. The van der Waals surface area contributed by atoms with Crippen molar-refractivity contribution in [1.29, 1.82) is 0 Å². The molecule has 1 aromatic heterocycles. The standard InChI is InChI=1S/C20H20N4O3S/c1-23(2)18(26)13-6-5-7-14(12-13)21-17(25)10-11-24-19(27)15-8-3-4-9-16(15)22-20(24)28/h3-9,12H,10-11H2,1-2H3,(H,21,25)(H,22,28). The van der Waals surface area contributed by atoms with Crippen LogP contribution in [0, 0.1) is 4.77 Å². The lowest BCUT2D eigenvalue weighted by Crippen LogP contribution is -2.25. The van der Waals surface area contributed by atoms with E-state index in [1.54, 1.807) is 56.6 Å². The molecule has 0 aliphatic carbocycles. The minimum Gasteiger partial charge on any atom is -0.345 e. The predicted octanol–water partition coefficient (Wildman–Crippen LogP) is 2.79. The van der Waals surface area contributed by atoms with Crippen LogP contribution in [0.4, 0.5) is 5.69 Å². The van der Waals surface area contributed by atoms with E-state index in [0.29, 0.717) is 22.2 Å². The van der Waals surface area contributed by atoms with Crippen LogP contribution in [0.5, 0.6) is 0 Å². The Labute approximate surface area is 166 Å². The highest BCUT2D eigenvalue weighted by Gasteiger charge is 2.11. The third-order valence-corrected chi connectivity index (χ3v) is 4.57. The molecule has 2 N–H and O–H groups in total. The number of amides is 2. The van der Waals surface area contributed by atoms with Gasteiger partial charge in [-0.15, -0.1) is 0 Å². The summed E-state index contributed by atoms with van der Waals surface area (Å²) in [6.07, 6.45) is 0.0710. The Balaban J connectivity index is 1.73. The predicted molar refractivity (Wildman–Crippen MR) is 111 cm³/mol. The van der Waals surface area contributed by atoms with Gasteiger partial charge in [-0.05, 0) is 42.5 Å². The van der Waals surface area contributed by atoms with Gasteiger partial charge in [0.1, 0.15) is 0 Å². The zero-order valence-corrected chi connectivity index (χ0v) is 16.4. The van der Waals surface area contributed by atoms with Crippen molar-refractivity contribution in [2.45, 2.75) is 13.0 Å². The van der Waals surface area contributed by atoms with Gasteiger partial charge in [-0.1, -0.05) is 18.2 Å². The molecule has 7 nitrogen and oxygen atoms in total. The summed E-state index contributed by atoms with van der Waals surface area (Å²) in [4.78, 5) is 41.4. The van der Waals surface area contributed by atoms with Crippen molar-refractivity contribution in [3.05, 3.63) is 69.2 Å². The zero-order chi connectivity index (χ0) is 20.3. The molecule has 0 saturated carbocycles. The molecule has 3 rings (SSSR count). The van der Waals surface area contributed by atoms with E-state index >= 15 is 0 Å². The minimum atomic E-state index is -0.274. The van der Waals surface area contributed by atoms with Gasteiger partial charge in [0, 0.05) is 38.3 Å². The van der Waals surface area contributed by atoms with E-state index in [2.05, 4.69) is 10.3 Å². The van der Waals surface area contributed by atoms with Gasteiger partial charge in [-0.25, -0.2) is 0 Å². The van der Waals surface area contributed by atoms with Crippen molar-refractivity contribution in [3.8, 4) is 0 Å². The van der Waals surface area contributed by atoms with Crippen LogP contribution in [-0.2, 0) is 11.3 Å². The fourth-order valence-corrected chi connectivity index (χ4v) is 3.11. The summed E-state index contributed by atoms with van der Waals surface area (Å²) in [6, 6.07) is 13.8. The second-order valence-electron chi connectivity index (χ2n) is 6.51. The average Bonchev–Trinajstić information content (AvgIpc) is 2.67. The molecular formula is C20H20N4O3S. The number of H-pyrrole nitrogens is 1. The second-order valence-corrected chi connectivity index (χ2v) is 6.90. The molecule has 0 atom stereocenters. The van der Waals surface area contributed by atoms with Gasteiger partial charge in [0.25, 0.3) is 11.5 Å². The molecule has 1 heterocycles. The molecule has 0 spiro atoms. The maximum Gasteiger partial charge on any atom is 0.262 e. The van der Waals surface area contributed by atoms with Crippen LogP contribution < -0.4 is 10.9 Å². The summed E-state index contributed by atoms with van der Waals surface area (Å²) < 4.78 is 1.65. The number of para-hydroxylation sites is 1. The third-order valence-electron chi connectivity index (χ3n) is 4.25. The van der Waals surface area contributed by atoms with Crippen molar-refractivity contribution in [1.82, 2.24) is 14.5 Å². The van der Waals surface area contributed by atoms with Gasteiger partial charge < -0.3 is 15.2 Å². The van der Waals surface area contributed by atoms with Gasteiger partial charge in [-0.2, -0.15) is 0 Å². The molecule has 0 aliphatic heterocycles. The van der Waals surface area contributed by atoms with Crippen LogP contribution in [0.25, 0.3) is 10.9 Å². The van der Waals surface area contributed by atoms with Crippen molar-refractivity contribution >= 4 is 40.6 Å². The van der Waals surface area contributed by atoms with Gasteiger partial charge >= 0.3 is 0 Å². The van der Waals surface area contributed by atoms with Crippen LogP contribution in [0.15, 0.2) is 53.3 Å². The maximum atomic E-state index is 12.6. The number of fused-ring (bicyclic) bond motifs is 1. The van der Waals surface area contributed by atoms with Crippen LogP contribution in [0.2, 0.25) is 0 Å². The summed E-state index contributed by atoms with van der Waals surface area (Å²) in [5.41, 5.74) is 1.44. The normalized spacial score (nSPS) is 10.6. The molecule has 0 unspecified atom stereocenters. The number of nitrogens with one attached hydrogen (secondary N) is 2. The first kappa shape index (κ1) is 19.5. The summed E-state index contributed by atoms with van der Waals surface area (Å²) in [7, 11) is 3.33. The summed E-state index contributed by atoms with van der Waals surface area (Å²) >= 11 is 5.25. The molecule has 0 aliphatic rings. The molecule has 2 amide bonds. The van der Waals surface area contributed by atoms with Gasteiger partial charge in [-0.3, -0.25) is 19.0 Å². The Morgan fingerprint density at radius 3 is 2.64 bits per heavy atom. The zero-order valence-electron chi connectivity index (χ0n) is 15.6. The number of nitrogens with zero attached hydrogens (tertiary/aromatic N) is 2. The summed E-state index contributed by atoms with van der Waals surface area (Å²) in [5, 5.41) is 3.27. The highest BCUT2D eigenvalue weighted by Crippen LogP contribution is 2.13. The van der Waals surface area contributed by atoms with Gasteiger partial charge in [0.15, 0.2) is 4.77 Å². The van der Waals surface area contributed by atoms with Crippen molar-refractivity contribution in [3.63, 3.8) is 0 Å². The Bertz CT molecular complexity index is 1160.